The van der Waals surface area contributed by atoms with Gasteiger partial charge in [0, 0.05) is 24.6 Å². The Bertz CT molecular complexity index is 768. The van der Waals surface area contributed by atoms with Crippen molar-refractivity contribution in [1.29, 1.82) is 0 Å². The van der Waals surface area contributed by atoms with Crippen molar-refractivity contribution in [2.75, 3.05) is 6.54 Å². The van der Waals surface area contributed by atoms with Crippen molar-refractivity contribution in [2.45, 2.75) is 43.7 Å². The zero-order valence-corrected chi connectivity index (χ0v) is 14.9. The summed E-state index contributed by atoms with van der Waals surface area (Å²) in [5.41, 5.74) is 0.142. The molecule has 2 fully saturated rings. The molecule has 1 aromatic carbocycles. The largest absolute Gasteiger partial charge is 0.465 e. The van der Waals surface area contributed by atoms with Crippen molar-refractivity contribution in [3.05, 3.63) is 66.1 Å². The third-order valence-electron chi connectivity index (χ3n) is 5.97. The Morgan fingerprint density at radius 3 is 2.73 bits per heavy atom. The smallest absolute Gasteiger partial charge is 0.246 e. The van der Waals surface area contributed by atoms with Gasteiger partial charge < -0.3 is 14.4 Å². The van der Waals surface area contributed by atoms with Gasteiger partial charge in [-0.1, -0.05) is 43.2 Å². The van der Waals surface area contributed by atoms with Crippen molar-refractivity contribution >= 4 is 12.0 Å². The van der Waals surface area contributed by atoms with Gasteiger partial charge in [-0.2, -0.15) is 0 Å². The predicted octanol–water partition coefficient (Wildman–Crippen LogP) is 3.97. The van der Waals surface area contributed by atoms with Gasteiger partial charge in [0.1, 0.15) is 5.76 Å². The van der Waals surface area contributed by atoms with Crippen molar-refractivity contribution in [3.63, 3.8) is 0 Å². The Labute approximate surface area is 154 Å². The van der Waals surface area contributed by atoms with Gasteiger partial charge in [0.15, 0.2) is 0 Å². The number of carbonyl (C=O) groups is 1. The molecule has 1 saturated carbocycles. The van der Waals surface area contributed by atoms with Gasteiger partial charge in [0.2, 0.25) is 5.91 Å². The van der Waals surface area contributed by atoms with Gasteiger partial charge in [-0.15, -0.1) is 0 Å². The van der Waals surface area contributed by atoms with Crippen LogP contribution in [0.1, 0.15) is 43.4 Å². The average molecular weight is 351 g/mol. The summed E-state index contributed by atoms with van der Waals surface area (Å²) in [7, 11) is 0. The first kappa shape index (κ1) is 17.1. The second-order valence-corrected chi connectivity index (χ2v) is 7.38. The van der Waals surface area contributed by atoms with Crippen molar-refractivity contribution in [3.8, 4) is 0 Å². The fourth-order valence-electron chi connectivity index (χ4n) is 4.68. The Morgan fingerprint density at radius 2 is 1.96 bits per heavy atom. The SMILES string of the molecule is O=C(/C=C/c1ccco1)N1CC[C@@](O)(c2ccccc2)[C@@H]2CCCC[C@@H]21. The van der Waals surface area contributed by atoms with Gasteiger partial charge >= 0.3 is 0 Å². The zero-order chi connectivity index (χ0) is 18.0. The van der Waals surface area contributed by atoms with E-state index in [9.17, 15) is 9.90 Å². The molecule has 4 heteroatoms. The van der Waals surface area contributed by atoms with Crippen LogP contribution in [-0.2, 0) is 10.4 Å². The van der Waals surface area contributed by atoms with Crippen LogP contribution in [0.2, 0.25) is 0 Å². The zero-order valence-electron chi connectivity index (χ0n) is 14.9. The minimum absolute atomic E-state index is 0.00779. The third kappa shape index (κ3) is 3.10. The van der Waals surface area contributed by atoms with E-state index in [0.29, 0.717) is 18.7 Å². The molecular weight excluding hydrogens is 326 g/mol. The van der Waals surface area contributed by atoms with Gasteiger partial charge in [-0.05, 0) is 43.0 Å². The Kier molecular flexibility index (Phi) is 4.68. The first-order valence-electron chi connectivity index (χ1n) is 9.48. The highest BCUT2D eigenvalue weighted by Gasteiger charge is 2.49. The summed E-state index contributed by atoms with van der Waals surface area (Å²) >= 11 is 0. The van der Waals surface area contributed by atoms with Gasteiger partial charge in [-0.3, -0.25) is 4.79 Å². The number of carbonyl (C=O) groups excluding carboxylic acids is 1. The third-order valence-corrected chi connectivity index (χ3v) is 5.97. The van der Waals surface area contributed by atoms with Gasteiger partial charge in [0.25, 0.3) is 0 Å². The number of rotatable bonds is 3. The molecule has 0 radical (unpaired) electrons. The number of nitrogens with zero attached hydrogens (tertiary/aromatic N) is 1. The molecule has 136 valence electrons. The average Bonchev–Trinajstić information content (AvgIpc) is 3.21. The number of piperidine rings is 1. The van der Waals surface area contributed by atoms with E-state index in [2.05, 4.69) is 0 Å². The standard InChI is InChI=1S/C22H25NO3/c24-21(13-12-18-9-6-16-26-18)23-15-14-22(25,17-7-2-1-3-8-17)19-10-4-5-11-20(19)23/h1-3,6-9,12-13,16,19-20,25H,4-5,10-11,14-15H2/b13-12+/t19-,20+,22-/m1/s1. The van der Waals surface area contributed by atoms with E-state index in [-0.39, 0.29) is 17.9 Å². The summed E-state index contributed by atoms with van der Waals surface area (Å²) in [6.45, 7) is 0.577. The molecular formula is C22H25NO3. The van der Waals surface area contributed by atoms with E-state index in [1.165, 1.54) is 0 Å². The molecule has 1 aromatic heterocycles. The minimum Gasteiger partial charge on any atom is -0.465 e. The first-order chi connectivity index (χ1) is 12.7. The fourth-order valence-corrected chi connectivity index (χ4v) is 4.68. The molecule has 0 bridgehead atoms. The number of aliphatic hydroxyl groups is 1. The summed E-state index contributed by atoms with van der Waals surface area (Å²) in [5, 5.41) is 11.5. The maximum atomic E-state index is 12.8. The number of furan rings is 1. The van der Waals surface area contributed by atoms with E-state index in [4.69, 9.17) is 4.42 Å². The van der Waals surface area contributed by atoms with E-state index in [1.54, 1.807) is 18.4 Å². The topological polar surface area (TPSA) is 53.7 Å². The highest BCUT2D eigenvalue weighted by atomic mass is 16.3. The molecule has 2 heterocycles. The molecule has 4 nitrogen and oxygen atoms in total. The number of hydrogen-bond acceptors (Lipinski definition) is 3. The van der Waals surface area contributed by atoms with Crippen LogP contribution >= 0.6 is 0 Å². The molecule has 3 atom stereocenters. The molecule has 1 aliphatic carbocycles. The summed E-state index contributed by atoms with van der Waals surface area (Å²) in [4.78, 5) is 14.8. The van der Waals surface area contributed by atoms with Crippen LogP contribution in [0.5, 0.6) is 0 Å². The number of hydrogen-bond donors (Lipinski definition) is 1. The predicted molar refractivity (Wildman–Crippen MR) is 100 cm³/mol. The van der Waals surface area contributed by atoms with Crippen molar-refractivity contribution in [2.24, 2.45) is 5.92 Å². The first-order valence-corrected chi connectivity index (χ1v) is 9.48. The lowest BCUT2D eigenvalue weighted by atomic mass is 9.66. The number of likely N-dealkylation sites (tertiary alicyclic amines) is 1. The summed E-state index contributed by atoms with van der Waals surface area (Å²) in [5.74, 6) is 0.776. The quantitative estimate of drug-likeness (QED) is 0.851. The van der Waals surface area contributed by atoms with E-state index in [0.717, 1.165) is 31.2 Å². The highest BCUT2D eigenvalue weighted by molar-refractivity contribution is 5.91. The Morgan fingerprint density at radius 1 is 1.15 bits per heavy atom. The molecule has 1 saturated heterocycles. The van der Waals surface area contributed by atoms with Crippen LogP contribution < -0.4 is 0 Å². The fraction of sp³-hybridized carbons (Fsp3) is 0.409. The monoisotopic (exact) mass is 351 g/mol. The lowest BCUT2D eigenvalue weighted by molar-refractivity contribution is -0.150. The summed E-state index contributed by atoms with van der Waals surface area (Å²) in [6.07, 6.45) is 9.64. The summed E-state index contributed by atoms with van der Waals surface area (Å²) in [6, 6.07) is 13.7. The lowest BCUT2D eigenvalue weighted by Gasteiger charge is -2.52. The van der Waals surface area contributed by atoms with Crippen molar-refractivity contribution < 1.29 is 14.3 Å². The molecule has 4 rings (SSSR count). The molecule has 1 aliphatic heterocycles. The normalized spacial score (nSPS) is 28.9. The van der Waals surface area contributed by atoms with E-state index >= 15 is 0 Å². The van der Waals surface area contributed by atoms with Crippen LogP contribution in [0.4, 0.5) is 0 Å². The maximum absolute atomic E-state index is 12.8. The molecule has 26 heavy (non-hydrogen) atoms. The Balaban J connectivity index is 1.57. The number of fused-ring (bicyclic) bond motifs is 1. The maximum Gasteiger partial charge on any atom is 0.246 e. The minimum atomic E-state index is -0.839. The second-order valence-electron chi connectivity index (χ2n) is 7.38. The molecule has 0 spiro atoms. The molecule has 0 unspecified atom stereocenters. The van der Waals surface area contributed by atoms with E-state index < -0.39 is 5.60 Å². The van der Waals surface area contributed by atoms with Crippen LogP contribution in [0, 0.1) is 5.92 Å². The van der Waals surface area contributed by atoms with Crippen LogP contribution in [0.3, 0.4) is 0 Å². The summed E-state index contributed by atoms with van der Waals surface area (Å²) < 4.78 is 5.27. The van der Waals surface area contributed by atoms with Gasteiger partial charge in [-0.25, -0.2) is 0 Å². The number of amides is 1. The van der Waals surface area contributed by atoms with Crippen LogP contribution in [0.15, 0.2) is 59.2 Å². The van der Waals surface area contributed by atoms with Crippen LogP contribution in [-0.4, -0.2) is 28.5 Å². The molecule has 1 amide bonds. The van der Waals surface area contributed by atoms with E-state index in [1.807, 2.05) is 47.4 Å². The molecule has 2 aliphatic rings. The Hall–Kier alpha value is -2.33. The lowest BCUT2D eigenvalue weighted by Crippen LogP contribution is -2.58. The van der Waals surface area contributed by atoms with Gasteiger partial charge in [0.05, 0.1) is 11.9 Å². The van der Waals surface area contributed by atoms with Crippen molar-refractivity contribution in [1.82, 2.24) is 4.90 Å². The second kappa shape index (κ2) is 7.12. The molecule has 1 N–H and O–H groups in total. The number of benzene rings is 1. The highest BCUT2D eigenvalue weighted by Crippen LogP contribution is 2.46. The van der Waals surface area contributed by atoms with Crippen LogP contribution in [0.25, 0.3) is 6.08 Å². The molecule has 2 aromatic rings.